The van der Waals surface area contributed by atoms with Gasteiger partial charge in [-0.1, -0.05) is 43.2 Å². The Labute approximate surface area is 327 Å². The van der Waals surface area contributed by atoms with Crippen LogP contribution in [0.1, 0.15) is 54.6 Å². The Hall–Kier alpha value is -5.08. The van der Waals surface area contributed by atoms with Gasteiger partial charge in [-0.05, 0) is 84.3 Å². The van der Waals surface area contributed by atoms with Crippen LogP contribution < -0.4 is 14.4 Å². The number of nitro benzene ring substituents is 1. The number of nitrogens with one attached hydrogen (secondary N) is 2. The van der Waals surface area contributed by atoms with Crippen molar-refractivity contribution in [2.45, 2.75) is 44.6 Å². The van der Waals surface area contributed by atoms with E-state index in [1.54, 1.807) is 18.5 Å². The molecule has 1 aliphatic heterocycles. The monoisotopic (exact) mass is 782 g/mol. The molecule has 5 aromatic rings. The van der Waals surface area contributed by atoms with Crippen LogP contribution >= 0.6 is 11.6 Å². The molecule has 1 unspecified atom stereocenters. The van der Waals surface area contributed by atoms with E-state index in [2.05, 4.69) is 50.5 Å². The van der Waals surface area contributed by atoms with Crippen LogP contribution in [0.2, 0.25) is 5.02 Å². The summed E-state index contributed by atoms with van der Waals surface area (Å²) >= 11 is 6.23. The number of pyridine rings is 1. The summed E-state index contributed by atoms with van der Waals surface area (Å²) in [5, 5.41) is 13.3. The lowest BCUT2D eigenvalue weighted by Crippen LogP contribution is -2.47. The number of H-pyrrole nitrogens is 1. The van der Waals surface area contributed by atoms with Crippen LogP contribution in [0.3, 0.4) is 0 Å². The number of ether oxygens (including phenoxy) is 2. The van der Waals surface area contributed by atoms with Crippen LogP contribution in [0.25, 0.3) is 16.6 Å². The Morgan fingerprint density at radius 1 is 1.05 bits per heavy atom. The lowest BCUT2D eigenvalue weighted by molar-refractivity contribution is -0.385. The van der Waals surface area contributed by atoms with Crippen molar-refractivity contribution in [1.82, 2.24) is 19.6 Å². The Balaban J connectivity index is 1.10. The van der Waals surface area contributed by atoms with Gasteiger partial charge in [0.25, 0.3) is 11.6 Å². The number of anilines is 1. The molecule has 7 rings (SSSR count). The first-order chi connectivity index (χ1) is 26.5. The maximum absolute atomic E-state index is 13.8. The van der Waals surface area contributed by atoms with Gasteiger partial charge in [-0.25, -0.2) is 9.19 Å². The molecule has 1 atom stereocenters. The van der Waals surface area contributed by atoms with E-state index in [9.17, 15) is 19.1 Å². The summed E-state index contributed by atoms with van der Waals surface area (Å²) in [6.07, 6.45) is 6.63. The molecule has 2 N–H and O–H groups in total. The summed E-state index contributed by atoms with van der Waals surface area (Å²) in [5.74, 6) is -0.00879. The molecule has 286 valence electrons. The first kappa shape index (κ1) is 38.2. The van der Waals surface area contributed by atoms with Crippen molar-refractivity contribution in [3.63, 3.8) is 0 Å². The van der Waals surface area contributed by atoms with E-state index in [1.165, 1.54) is 36.0 Å². The van der Waals surface area contributed by atoms with Gasteiger partial charge < -0.3 is 19.4 Å². The second kappa shape index (κ2) is 16.3. The molecule has 14 heteroatoms. The highest BCUT2D eigenvalue weighted by Crippen LogP contribution is 2.43. The minimum atomic E-state index is -2.08. The van der Waals surface area contributed by atoms with Gasteiger partial charge in [0.15, 0.2) is 11.0 Å². The van der Waals surface area contributed by atoms with Gasteiger partial charge in [0.2, 0.25) is 0 Å². The normalized spacial score (nSPS) is 16.6. The van der Waals surface area contributed by atoms with Crippen molar-refractivity contribution in [2.24, 2.45) is 5.41 Å². The third-order valence-electron chi connectivity index (χ3n) is 10.3. The summed E-state index contributed by atoms with van der Waals surface area (Å²) in [5.41, 5.74) is 6.07. The highest BCUT2D eigenvalue weighted by atomic mass is 35.5. The van der Waals surface area contributed by atoms with Crippen molar-refractivity contribution in [1.29, 1.82) is 0 Å². The van der Waals surface area contributed by atoms with Crippen LogP contribution in [-0.4, -0.2) is 69.7 Å². The summed E-state index contributed by atoms with van der Waals surface area (Å²) in [7, 11) is -0.648. The Kier molecular flexibility index (Phi) is 11.3. The number of amides is 1. The fraction of sp³-hybridized carbons (Fsp3) is 0.317. The lowest BCUT2D eigenvalue weighted by atomic mass is 9.72. The molecule has 2 aromatic heterocycles. The topological polar surface area (TPSA) is 143 Å². The van der Waals surface area contributed by atoms with Crippen LogP contribution in [0.4, 0.5) is 11.4 Å². The molecule has 1 aliphatic carbocycles. The average molecular weight is 783 g/mol. The maximum atomic E-state index is 13.8. The van der Waals surface area contributed by atoms with Gasteiger partial charge in [-0.15, -0.1) is 0 Å². The number of hydrogen-bond donors (Lipinski definition) is 2. The number of carbonyl (C=O) groups excluding carboxylic acids is 1. The fourth-order valence-electron chi connectivity index (χ4n) is 7.28. The molecule has 1 saturated heterocycles. The van der Waals surface area contributed by atoms with Gasteiger partial charge in [0, 0.05) is 79.8 Å². The van der Waals surface area contributed by atoms with E-state index >= 15 is 0 Å². The Morgan fingerprint density at radius 2 is 1.84 bits per heavy atom. The molecule has 0 bridgehead atoms. The molecule has 12 nitrogen and oxygen atoms in total. The molecule has 0 spiro atoms. The number of nitrogens with zero attached hydrogens (tertiary/aromatic N) is 4. The fourth-order valence-corrected chi connectivity index (χ4v) is 8.27. The van der Waals surface area contributed by atoms with Crippen molar-refractivity contribution >= 4 is 56.5 Å². The Bertz CT molecular complexity index is 2280. The van der Waals surface area contributed by atoms with Crippen LogP contribution in [0.5, 0.6) is 11.5 Å². The second-order valence-corrected chi connectivity index (χ2v) is 16.4. The molecule has 2 aliphatic rings. The third-order valence-corrected chi connectivity index (χ3v) is 11.6. The zero-order chi connectivity index (χ0) is 38.7. The van der Waals surface area contributed by atoms with Crippen LogP contribution in [0, 0.1) is 15.5 Å². The van der Waals surface area contributed by atoms with E-state index in [4.69, 9.17) is 21.1 Å². The quantitative estimate of drug-likeness (QED) is 0.0944. The van der Waals surface area contributed by atoms with Crippen LogP contribution in [-0.2, 0) is 22.3 Å². The largest absolute Gasteiger partial charge is 0.454 e. The minimum absolute atomic E-state index is 0.00744. The van der Waals surface area contributed by atoms with Crippen molar-refractivity contribution in [2.75, 3.05) is 44.7 Å². The average Bonchev–Trinajstić information content (AvgIpc) is 3.64. The molecule has 55 heavy (non-hydrogen) atoms. The number of hydrogen-bond acceptors (Lipinski definition) is 9. The number of carbonyl (C=O) groups is 1. The second-order valence-electron chi connectivity index (χ2n) is 14.7. The minimum Gasteiger partial charge on any atom is -0.454 e. The van der Waals surface area contributed by atoms with Gasteiger partial charge in [-0.2, -0.15) is 0 Å². The van der Waals surface area contributed by atoms with E-state index in [1.807, 2.05) is 36.4 Å². The smallest absolute Gasteiger partial charge is 0.275 e. The standard InChI is InChI=1S/C41H43ClN6O6S/c1-41(2)14-12-30(35(23-41)27-6-8-32(42)9-7-27)25-46-16-18-47(19-17-46)33-10-11-38(37(22-33)54-34-20-28-13-15-43-39(28)44-24-34)55(52)45-40(49)29-4-5-31(26-53-3)36(21-29)48(50)51/h4-11,13,15,20-22,24H,12,14,16-19,23,25-26H2,1-3H3,(H,43,44)(H,45,49). The molecule has 0 saturated carbocycles. The molecule has 3 aromatic carbocycles. The highest BCUT2D eigenvalue weighted by Gasteiger charge is 2.30. The van der Waals surface area contributed by atoms with E-state index in [-0.39, 0.29) is 28.2 Å². The maximum Gasteiger partial charge on any atom is 0.275 e. The molecular weight excluding hydrogens is 740 g/mol. The summed E-state index contributed by atoms with van der Waals surface area (Å²) in [4.78, 5) is 36.9. The number of allylic oxidation sites excluding steroid dienone is 1. The summed E-state index contributed by atoms with van der Waals surface area (Å²) < 4.78 is 27.7. The zero-order valence-electron chi connectivity index (χ0n) is 31.0. The number of rotatable bonds is 12. The summed E-state index contributed by atoms with van der Waals surface area (Å²) in [6, 6.07) is 21.4. The number of piperazine rings is 1. The third kappa shape index (κ3) is 8.91. The number of methoxy groups -OCH3 is 1. The molecule has 3 heterocycles. The molecule has 1 amide bonds. The van der Waals surface area contributed by atoms with Crippen molar-refractivity contribution in [3.05, 3.63) is 123 Å². The predicted octanol–water partition coefficient (Wildman–Crippen LogP) is 8.30. The first-order valence-electron chi connectivity index (χ1n) is 18.1. The number of nitro groups is 1. The Morgan fingerprint density at radius 3 is 2.58 bits per heavy atom. The van der Waals surface area contributed by atoms with Crippen molar-refractivity contribution in [3.8, 4) is 11.5 Å². The van der Waals surface area contributed by atoms with Gasteiger partial charge in [0.05, 0.1) is 23.3 Å². The first-order valence-corrected chi connectivity index (χ1v) is 19.7. The van der Waals surface area contributed by atoms with E-state index in [0.29, 0.717) is 22.7 Å². The van der Waals surface area contributed by atoms with Gasteiger partial charge >= 0.3 is 0 Å². The number of benzene rings is 3. The molecular formula is C41H43ClN6O6S. The lowest BCUT2D eigenvalue weighted by Gasteiger charge is -2.39. The zero-order valence-corrected chi connectivity index (χ0v) is 32.5. The number of aromatic nitrogens is 2. The van der Waals surface area contributed by atoms with Crippen molar-refractivity contribution < 1.29 is 23.4 Å². The van der Waals surface area contributed by atoms with E-state index in [0.717, 1.165) is 74.1 Å². The molecule has 1 fully saturated rings. The SMILES string of the molecule is COCc1ccc(C(=O)NS(=O)c2ccc(N3CCN(CC4=C(c5ccc(Cl)cc5)CC(C)(C)CC4)CC3)cc2Oc2cnc3[nH]ccc3c2)cc1[N+](=O)[O-]. The number of halogens is 1. The predicted molar refractivity (Wildman–Crippen MR) is 215 cm³/mol. The number of fused-ring (bicyclic) bond motifs is 1. The van der Waals surface area contributed by atoms with E-state index < -0.39 is 21.8 Å². The highest BCUT2D eigenvalue weighted by molar-refractivity contribution is 7.83. The molecule has 0 radical (unpaired) electrons. The van der Waals surface area contributed by atoms with Gasteiger partial charge in [-0.3, -0.25) is 24.5 Å². The summed E-state index contributed by atoms with van der Waals surface area (Å²) in [6.45, 7) is 8.91. The number of aromatic amines is 1. The van der Waals surface area contributed by atoms with Crippen LogP contribution in [0.15, 0.2) is 95.7 Å². The van der Waals surface area contributed by atoms with Gasteiger partial charge in [0.1, 0.15) is 22.0 Å².